The van der Waals surface area contributed by atoms with Crippen molar-refractivity contribution in [3.63, 3.8) is 0 Å². The molecule has 1 heterocycles. The lowest BCUT2D eigenvalue weighted by Gasteiger charge is -2.19. The molecule has 0 radical (unpaired) electrons. The van der Waals surface area contributed by atoms with Crippen LogP contribution in [0.25, 0.3) is 11.0 Å². The molecule has 2 aromatic carbocycles. The minimum absolute atomic E-state index is 0.248. The second-order valence-corrected chi connectivity index (χ2v) is 10.7. The van der Waals surface area contributed by atoms with Gasteiger partial charge in [-0.1, -0.05) is 19.9 Å². The smallest absolute Gasteiger partial charge is 0.336 e. The van der Waals surface area contributed by atoms with Gasteiger partial charge in [-0.05, 0) is 73.3 Å². The largest absolute Gasteiger partial charge is 0.494 e. The molecule has 0 atom stereocenters. The van der Waals surface area contributed by atoms with E-state index in [1.54, 1.807) is 30.3 Å². The summed E-state index contributed by atoms with van der Waals surface area (Å²) in [5, 5.41) is 0.972. The van der Waals surface area contributed by atoms with Crippen LogP contribution in [0.1, 0.15) is 42.9 Å². The maximum absolute atomic E-state index is 12.1. The predicted molar refractivity (Wildman–Crippen MR) is 127 cm³/mol. The molecule has 0 fully saturated rings. The molecule has 32 heavy (non-hydrogen) atoms. The average Bonchev–Trinajstić information content (AvgIpc) is 2.70. The van der Waals surface area contributed by atoms with Crippen molar-refractivity contribution in [1.82, 2.24) is 4.90 Å². The van der Waals surface area contributed by atoms with Crippen molar-refractivity contribution in [3.05, 3.63) is 69.6 Å². The fourth-order valence-corrected chi connectivity index (χ4v) is 4.49. The fourth-order valence-electron chi connectivity index (χ4n) is 3.83. The van der Waals surface area contributed by atoms with Gasteiger partial charge in [0, 0.05) is 30.8 Å². The number of fused-ring (bicyclic) bond motifs is 1. The highest BCUT2D eigenvalue weighted by Gasteiger charge is 2.13. The summed E-state index contributed by atoms with van der Waals surface area (Å²) < 4.78 is 34.5. The lowest BCUT2D eigenvalue weighted by molar-refractivity contribution is 0.258. The number of hydrogen-bond acceptors (Lipinski definition) is 6. The van der Waals surface area contributed by atoms with Crippen molar-refractivity contribution in [3.8, 4) is 5.75 Å². The molecular weight excluding hydrogens is 426 g/mol. The number of benzene rings is 2. The molecule has 0 unspecified atom stereocenters. The highest BCUT2D eigenvalue weighted by molar-refractivity contribution is 7.90. The Kier molecular flexibility index (Phi) is 7.41. The summed E-state index contributed by atoms with van der Waals surface area (Å²) in [5.41, 5.74) is 3.60. The molecular formula is C25H31NO5S. The molecule has 7 heteroatoms. The Morgan fingerprint density at radius 1 is 1.12 bits per heavy atom. The van der Waals surface area contributed by atoms with Crippen LogP contribution in [-0.2, 0) is 16.4 Å². The highest BCUT2D eigenvalue weighted by Crippen LogP contribution is 2.27. The highest BCUT2D eigenvalue weighted by atomic mass is 32.2. The quantitative estimate of drug-likeness (QED) is 0.347. The van der Waals surface area contributed by atoms with Gasteiger partial charge in [-0.25, -0.2) is 13.2 Å². The van der Waals surface area contributed by atoms with E-state index in [0.29, 0.717) is 30.4 Å². The van der Waals surface area contributed by atoms with Gasteiger partial charge in [0.15, 0.2) is 9.84 Å². The van der Waals surface area contributed by atoms with Gasteiger partial charge >= 0.3 is 5.63 Å². The topological polar surface area (TPSA) is 76.8 Å². The van der Waals surface area contributed by atoms with Crippen LogP contribution in [0.4, 0.5) is 0 Å². The zero-order chi connectivity index (χ0) is 23.5. The molecule has 3 aromatic rings. The SMILES string of the molecule is Cc1cc2oc(=O)cc(CN(C)CCCOc3cccc(S(C)(=O)=O)c3)c2cc1C(C)C. The molecule has 0 N–H and O–H groups in total. The van der Waals surface area contributed by atoms with Crippen LogP contribution in [0.2, 0.25) is 0 Å². The van der Waals surface area contributed by atoms with Crippen LogP contribution in [0, 0.1) is 6.92 Å². The first-order valence-corrected chi connectivity index (χ1v) is 12.6. The van der Waals surface area contributed by atoms with Crippen LogP contribution >= 0.6 is 0 Å². The molecule has 0 spiro atoms. The van der Waals surface area contributed by atoms with Gasteiger partial charge in [0.1, 0.15) is 11.3 Å². The van der Waals surface area contributed by atoms with E-state index in [1.807, 2.05) is 20.0 Å². The molecule has 1 aromatic heterocycles. The van der Waals surface area contributed by atoms with Crippen LogP contribution in [0.15, 0.2) is 56.6 Å². The molecule has 172 valence electrons. The summed E-state index contributed by atoms with van der Waals surface area (Å²) in [7, 11) is -1.26. The zero-order valence-corrected chi connectivity index (χ0v) is 20.2. The number of ether oxygens (including phenoxy) is 1. The van der Waals surface area contributed by atoms with E-state index in [-0.39, 0.29) is 10.5 Å². The lowest BCUT2D eigenvalue weighted by atomic mass is 9.95. The van der Waals surface area contributed by atoms with E-state index in [9.17, 15) is 13.2 Å². The Morgan fingerprint density at radius 2 is 1.88 bits per heavy atom. The fraction of sp³-hybridized carbons (Fsp3) is 0.400. The second-order valence-electron chi connectivity index (χ2n) is 8.64. The van der Waals surface area contributed by atoms with Crippen LogP contribution in [-0.4, -0.2) is 39.8 Å². The standard InChI is InChI=1S/C25H31NO5S/c1-17(2)22-15-23-19(13-25(27)31-24(23)12-18(22)3)16-26(4)10-7-11-30-20-8-6-9-21(14-20)32(5,28)29/h6,8-9,12-15,17H,7,10-11,16H2,1-5H3. The summed E-state index contributed by atoms with van der Waals surface area (Å²) in [6, 6.07) is 12.2. The summed E-state index contributed by atoms with van der Waals surface area (Å²) in [6.45, 7) is 8.20. The second kappa shape index (κ2) is 9.88. The van der Waals surface area contributed by atoms with Gasteiger partial charge in [-0.15, -0.1) is 0 Å². The maximum atomic E-state index is 12.1. The van der Waals surface area contributed by atoms with Gasteiger partial charge in [-0.2, -0.15) is 0 Å². The minimum atomic E-state index is -3.26. The first-order chi connectivity index (χ1) is 15.0. The first-order valence-electron chi connectivity index (χ1n) is 10.7. The Morgan fingerprint density at radius 3 is 2.56 bits per heavy atom. The Balaban J connectivity index is 1.64. The minimum Gasteiger partial charge on any atom is -0.494 e. The molecule has 0 saturated carbocycles. The van der Waals surface area contributed by atoms with E-state index in [1.165, 1.54) is 11.8 Å². The van der Waals surface area contributed by atoms with E-state index < -0.39 is 9.84 Å². The molecule has 3 rings (SSSR count). The molecule has 0 aliphatic rings. The predicted octanol–water partition coefficient (Wildman–Crippen LogP) is 4.53. The zero-order valence-electron chi connectivity index (χ0n) is 19.3. The molecule has 0 aliphatic heterocycles. The van der Waals surface area contributed by atoms with E-state index in [0.717, 1.165) is 29.5 Å². The van der Waals surface area contributed by atoms with Gasteiger partial charge in [-0.3, -0.25) is 0 Å². The summed E-state index contributed by atoms with van der Waals surface area (Å²) in [4.78, 5) is 14.5. The molecule has 0 aliphatic carbocycles. The molecule has 0 bridgehead atoms. The van der Waals surface area contributed by atoms with E-state index in [4.69, 9.17) is 9.15 Å². The Hall–Kier alpha value is -2.64. The first kappa shape index (κ1) is 24.0. The van der Waals surface area contributed by atoms with Crippen molar-refractivity contribution in [2.24, 2.45) is 0 Å². The van der Waals surface area contributed by atoms with Crippen molar-refractivity contribution in [2.45, 2.75) is 44.6 Å². The monoisotopic (exact) mass is 457 g/mol. The summed E-state index contributed by atoms with van der Waals surface area (Å²) >= 11 is 0. The van der Waals surface area contributed by atoms with Crippen molar-refractivity contribution in [2.75, 3.05) is 26.5 Å². The number of aryl methyl sites for hydroxylation is 1. The van der Waals surface area contributed by atoms with Gasteiger partial charge < -0.3 is 14.1 Å². The van der Waals surface area contributed by atoms with Gasteiger partial charge in [0.05, 0.1) is 11.5 Å². The van der Waals surface area contributed by atoms with Crippen LogP contribution in [0.3, 0.4) is 0 Å². The third kappa shape index (κ3) is 5.99. The molecule has 0 amide bonds. The van der Waals surface area contributed by atoms with Gasteiger partial charge in [0.25, 0.3) is 0 Å². The number of sulfone groups is 1. The third-order valence-electron chi connectivity index (χ3n) is 5.47. The maximum Gasteiger partial charge on any atom is 0.336 e. The normalized spacial score (nSPS) is 12.1. The van der Waals surface area contributed by atoms with Crippen LogP contribution < -0.4 is 10.4 Å². The van der Waals surface area contributed by atoms with Crippen molar-refractivity contribution >= 4 is 20.8 Å². The summed E-state index contributed by atoms with van der Waals surface area (Å²) in [5.74, 6) is 0.925. The third-order valence-corrected chi connectivity index (χ3v) is 6.58. The number of rotatable bonds is 9. The average molecular weight is 458 g/mol. The lowest BCUT2D eigenvalue weighted by Crippen LogP contribution is -2.21. The van der Waals surface area contributed by atoms with Crippen molar-refractivity contribution in [1.29, 1.82) is 0 Å². The molecule has 0 saturated heterocycles. The van der Waals surface area contributed by atoms with E-state index in [2.05, 4.69) is 24.8 Å². The Bertz CT molecular complexity index is 1260. The van der Waals surface area contributed by atoms with E-state index >= 15 is 0 Å². The van der Waals surface area contributed by atoms with Crippen LogP contribution in [0.5, 0.6) is 5.75 Å². The molecule has 6 nitrogen and oxygen atoms in total. The van der Waals surface area contributed by atoms with Gasteiger partial charge in [0.2, 0.25) is 0 Å². The Labute approximate surface area is 189 Å². The summed E-state index contributed by atoms with van der Waals surface area (Å²) in [6.07, 6.45) is 1.94. The number of nitrogens with zero attached hydrogens (tertiary/aromatic N) is 1. The van der Waals surface area contributed by atoms with Crippen molar-refractivity contribution < 1.29 is 17.6 Å². The number of hydrogen-bond donors (Lipinski definition) is 0.